The summed E-state index contributed by atoms with van der Waals surface area (Å²) < 4.78 is 4.75. The third-order valence-corrected chi connectivity index (χ3v) is 1.97. The quantitative estimate of drug-likeness (QED) is 0.520. The minimum atomic E-state index is -0.654. The van der Waals surface area contributed by atoms with Crippen molar-refractivity contribution in [3.63, 3.8) is 0 Å². The average molecular weight is 231 g/mol. The number of likely N-dealkylation sites (N-methyl/N-ethyl adjacent to an activating group) is 1. The number of rotatable bonds is 8. The zero-order valence-corrected chi connectivity index (χ0v) is 10.2. The van der Waals surface area contributed by atoms with E-state index >= 15 is 0 Å². The van der Waals surface area contributed by atoms with Crippen molar-refractivity contribution in [1.82, 2.24) is 10.2 Å². The van der Waals surface area contributed by atoms with E-state index in [2.05, 4.69) is 5.32 Å². The number of nitrogens with two attached hydrogens (primary N) is 1. The second-order valence-electron chi connectivity index (χ2n) is 3.72. The molecule has 0 heterocycles. The fraction of sp³-hybridized carbons (Fsp3) is 0.800. The van der Waals surface area contributed by atoms with Gasteiger partial charge in [0.1, 0.15) is 0 Å². The number of hydrogen-bond acceptors (Lipinski definition) is 5. The highest BCUT2D eigenvalue weighted by Gasteiger charge is 2.19. The molecule has 0 aliphatic carbocycles. The summed E-state index contributed by atoms with van der Waals surface area (Å²) in [6.07, 6.45) is -0.0173. The van der Waals surface area contributed by atoms with Crippen molar-refractivity contribution in [2.75, 3.05) is 33.8 Å². The molecule has 1 unspecified atom stereocenters. The summed E-state index contributed by atoms with van der Waals surface area (Å²) in [6, 6.07) is -0.654. The van der Waals surface area contributed by atoms with Crippen LogP contribution in [-0.4, -0.2) is 56.6 Å². The lowest BCUT2D eigenvalue weighted by Gasteiger charge is -2.16. The summed E-state index contributed by atoms with van der Waals surface area (Å²) in [7, 11) is 3.85. The number of nitrogens with zero attached hydrogens (tertiary/aromatic N) is 1. The van der Waals surface area contributed by atoms with Crippen LogP contribution in [0.2, 0.25) is 0 Å². The SMILES string of the molecule is CCOC(=O)CC(NCCN(C)C)C(N)=O. The van der Waals surface area contributed by atoms with Gasteiger partial charge in [-0.15, -0.1) is 0 Å². The van der Waals surface area contributed by atoms with Gasteiger partial charge >= 0.3 is 5.97 Å². The van der Waals surface area contributed by atoms with Gasteiger partial charge in [0.05, 0.1) is 19.1 Å². The van der Waals surface area contributed by atoms with Crippen LogP contribution in [0.25, 0.3) is 0 Å². The third kappa shape index (κ3) is 7.19. The van der Waals surface area contributed by atoms with Gasteiger partial charge in [-0.05, 0) is 21.0 Å². The molecule has 0 spiro atoms. The van der Waals surface area contributed by atoms with Crippen LogP contribution < -0.4 is 11.1 Å². The fourth-order valence-electron chi connectivity index (χ4n) is 1.12. The molecule has 0 fully saturated rings. The van der Waals surface area contributed by atoms with E-state index in [0.29, 0.717) is 13.2 Å². The first-order chi connectivity index (χ1) is 7.47. The maximum atomic E-state index is 11.2. The molecule has 0 rings (SSSR count). The van der Waals surface area contributed by atoms with Crippen molar-refractivity contribution in [3.05, 3.63) is 0 Å². The van der Waals surface area contributed by atoms with Crippen LogP contribution in [0, 0.1) is 0 Å². The molecule has 6 heteroatoms. The zero-order chi connectivity index (χ0) is 12.6. The molecule has 0 aromatic carbocycles. The fourth-order valence-corrected chi connectivity index (χ4v) is 1.12. The number of hydrogen-bond donors (Lipinski definition) is 2. The van der Waals surface area contributed by atoms with Crippen molar-refractivity contribution in [1.29, 1.82) is 0 Å². The Morgan fingerprint density at radius 2 is 2.06 bits per heavy atom. The summed E-state index contributed by atoms with van der Waals surface area (Å²) >= 11 is 0. The number of amides is 1. The molecular formula is C10H21N3O3. The van der Waals surface area contributed by atoms with Crippen LogP contribution in [0.1, 0.15) is 13.3 Å². The molecule has 0 bridgehead atoms. The molecule has 3 N–H and O–H groups in total. The highest BCUT2D eigenvalue weighted by molar-refractivity contribution is 5.85. The van der Waals surface area contributed by atoms with Gasteiger partial charge in [0, 0.05) is 13.1 Å². The highest BCUT2D eigenvalue weighted by Crippen LogP contribution is 1.94. The molecule has 0 aromatic rings. The topological polar surface area (TPSA) is 84.7 Å². The first-order valence-corrected chi connectivity index (χ1v) is 5.30. The zero-order valence-electron chi connectivity index (χ0n) is 10.2. The van der Waals surface area contributed by atoms with Crippen molar-refractivity contribution >= 4 is 11.9 Å². The Bertz CT molecular complexity index is 231. The lowest BCUT2D eigenvalue weighted by molar-refractivity contribution is -0.145. The Hall–Kier alpha value is -1.14. The predicted molar refractivity (Wildman–Crippen MR) is 60.8 cm³/mol. The number of carbonyl (C=O) groups excluding carboxylic acids is 2. The monoisotopic (exact) mass is 231 g/mol. The van der Waals surface area contributed by atoms with E-state index in [4.69, 9.17) is 10.5 Å². The predicted octanol–water partition coefficient (Wildman–Crippen LogP) is -1.06. The van der Waals surface area contributed by atoms with Crippen LogP contribution in [0.5, 0.6) is 0 Å². The Labute approximate surface area is 96.1 Å². The van der Waals surface area contributed by atoms with Gasteiger partial charge in [0.15, 0.2) is 0 Å². The molecular weight excluding hydrogens is 210 g/mol. The smallest absolute Gasteiger partial charge is 0.307 e. The van der Waals surface area contributed by atoms with Gasteiger partial charge in [-0.2, -0.15) is 0 Å². The molecule has 0 radical (unpaired) electrons. The van der Waals surface area contributed by atoms with Gasteiger partial charge in [0.25, 0.3) is 0 Å². The van der Waals surface area contributed by atoms with Gasteiger partial charge < -0.3 is 20.7 Å². The lowest BCUT2D eigenvalue weighted by atomic mass is 10.2. The van der Waals surface area contributed by atoms with E-state index in [0.717, 1.165) is 6.54 Å². The van der Waals surface area contributed by atoms with Gasteiger partial charge in [-0.25, -0.2) is 0 Å². The normalized spacial score (nSPS) is 12.5. The first-order valence-electron chi connectivity index (χ1n) is 5.30. The molecule has 0 saturated heterocycles. The lowest BCUT2D eigenvalue weighted by Crippen LogP contribution is -2.45. The summed E-state index contributed by atoms with van der Waals surface area (Å²) in [5, 5.41) is 2.92. The molecule has 16 heavy (non-hydrogen) atoms. The Balaban J connectivity index is 3.98. The summed E-state index contributed by atoms with van der Waals surface area (Å²) in [4.78, 5) is 24.2. The molecule has 0 aliphatic rings. The molecule has 0 aromatic heterocycles. The Morgan fingerprint density at radius 3 is 2.50 bits per heavy atom. The van der Waals surface area contributed by atoms with E-state index in [-0.39, 0.29) is 6.42 Å². The molecule has 1 amide bonds. The third-order valence-electron chi connectivity index (χ3n) is 1.97. The number of nitrogens with one attached hydrogen (secondary N) is 1. The van der Waals surface area contributed by atoms with E-state index in [1.807, 2.05) is 19.0 Å². The van der Waals surface area contributed by atoms with Gasteiger partial charge in [-0.1, -0.05) is 0 Å². The van der Waals surface area contributed by atoms with E-state index in [1.54, 1.807) is 6.92 Å². The summed E-state index contributed by atoms with van der Waals surface area (Å²) in [6.45, 7) is 3.39. The summed E-state index contributed by atoms with van der Waals surface area (Å²) in [5.74, 6) is -0.949. The molecule has 94 valence electrons. The maximum Gasteiger partial charge on any atom is 0.307 e. The Kier molecular flexibility index (Phi) is 7.49. The summed E-state index contributed by atoms with van der Waals surface area (Å²) in [5.41, 5.74) is 5.18. The van der Waals surface area contributed by atoms with Gasteiger partial charge in [0.2, 0.25) is 5.91 Å². The van der Waals surface area contributed by atoms with Crippen LogP contribution in [0.4, 0.5) is 0 Å². The number of carbonyl (C=O) groups is 2. The average Bonchev–Trinajstić information content (AvgIpc) is 2.15. The van der Waals surface area contributed by atoms with Crippen LogP contribution in [0.3, 0.4) is 0 Å². The van der Waals surface area contributed by atoms with Crippen molar-refractivity contribution in [2.24, 2.45) is 5.73 Å². The molecule has 0 aliphatic heterocycles. The van der Waals surface area contributed by atoms with Crippen LogP contribution >= 0.6 is 0 Å². The number of primary amides is 1. The van der Waals surface area contributed by atoms with E-state index < -0.39 is 17.9 Å². The second kappa shape index (κ2) is 8.06. The van der Waals surface area contributed by atoms with Crippen molar-refractivity contribution < 1.29 is 14.3 Å². The first kappa shape index (κ1) is 14.9. The standard InChI is InChI=1S/C10H21N3O3/c1-4-16-9(14)7-8(10(11)15)12-5-6-13(2)3/h8,12H,4-7H2,1-3H3,(H2,11,15). The number of ether oxygens (including phenoxy) is 1. The maximum absolute atomic E-state index is 11.2. The largest absolute Gasteiger partial charge is 0.466 e. The van der Waals surface area contributed by atoms with Crippen molar-refractivity contribution in [3.8, 4) is 0 Å². The molecule has 6 nitrogen and oxygen atoms in total. The Morgan fingerprint density at radius 1 is 1.44 bits per heavy atom. The second-order valence-corrected chi connectivity index (χ2v) is 3.72. The highest BCUT2D eigenvalue weighted by atomic mass is 16.5. The van der Waals surface area contributed by atoms with Crippen LogP contribution in [0.15, 0.2) is 0 Å². The van der Waals surface area contributed by atoms with Crippen LogP contribution in [-0.2, 0) is 14.3 Å². The van der Waals surface area contributed by atoms with Crippen molar-refractivity contribution in [2.45, 2.75) is 19.4 Å². The minimum Gasteiger partial charge on any atom is -0.466 e. The van der Waals surface area contributed by atoms with E-state index in [9.17, 15) is 9.59 Å². The molecule has 1 atom stereocenters. The molecule has 0 saturated carbocycles. The number of esters is 1. The minimum absolute atomic E-state index is 0.0173. The van der Waals surface area contributed by atoms with Gasteiger partial charge in [-0.3, -0.25) is 9.59 Å². The van der Waals surface area contributed by atoms with E-state index in [1.165, 1.54) is 0 Å².